The number of likely N-dealkylation sites (N-methyl/N-ethyl adjacent to an activating group) is 1. The van der Waals surface area contributed by atoms with Gasteiger partial charge in [-0.05, 0) is 30.0 Å². The maximum Gasteiger partial charge on any atom is 0.306 e. The largest absolute Gasteiger partial charge is 0.481 e. The average Bonchev–Trinajstić information content (AvgIpc) is 2.61. The van der Waals surface area contributed by atoms with Crippen LogP contribution in [0, 0.1) is 5.92 Å². The topological polar surface area (TPSA) is 57.6 Å². The number of hydrogen-bond acceptors (Lipinski definition) is 2. The molecule has 0 radical (unpaired) electrons. The Kier molecular flexibility index (Phi) is 3.36. The summed E-state index contributed by atoms with van der Waals surface area (Å²) in [7, 11) is 1.78. The maximum absolute atomic E-state index is 11.5. The highest BCUT2D eigenvalue weighted by atomic mass is 16.4. The number of carbonyl (C=O) groups excluding carboxylic acids is 1. The van der Waals surface area contributed by atoms with Crippen LogP contribution in [-0.4, -0.2) is 24.0 Å². The Morgan fingerprint density at radius 3 is 2.89 bits per heavy atom. The first-order chi connectivity index (χ1) is 8.49. The van der Waals surface area contributed by atoms with Crippen LogP contribution in [0.4, 0.5) is 5.69 Å². The Balaban J connectivity index is 2.07. The molecule has 2 rings (SSSR count). The number of aliphatic carboxylic acids is 1. The van der Waals surface area contributed by atoms with E-state index in [0.717, 1.165) is 23.2 Å². The van der Waals surface area contributed by atoms with Crippen molar-refractivity contribution in [2.75, 3.05) is 11.9 Å². The van der Waals surface area contributed by atoms with Crippen molar-refractivity contribution in [3.63, 3.8) is 0 Å². The van der Waals surface area contributed by atoms with Gasteiger partial charge in [0.15, 0.2) is 0 Å². The molecule has 1 atom stereocenters. The van der Waals surface area contributed by atoms with Crippen LogP contribution in [0.25, 0.3) is 0 Å². The van der Waals surface area contributed by atoms with Gasteiger partial charge < -0.3 is 10.0 Å². The lowest BCUT2D eigenvalue weighted by molar-refractivity contribution is -0.141. The molecule has 0 spiro atoms. The summed E-state index contributed by atoms with van der Waals surface area (Å²) in [5, 5.41) is 8.83. The average molecular weight is 247 g/mol. The van der Waals surface area contributed by atoms with Crippen LogP contribution >= 0.6 is 0 Å². The van der Waals surface area contributed by atoms with Gasteiger partial charge in [0.05, 0.1) is 12.3 Å². The van der Waals surface area contributed by atoms with E-state index in [4.69, 9.17) is 5.11 Å². The number of carboxylic acids is 1. The number of nitrogens with zero attached hydrogens (tertiary/aromatic N) is 1. The Hall–Kier alpha value is -1.84. The van der Waals surface area contributed by atoms with E-state index in [2.05, 4.69) is 0 Å². The molecule has 1 aromatic carbocycles. The van der Waals surface area contributed by atoms with Crippen LogP contribution in [0.5, 0.6) is 0 Å². The number of carbonyl (C=O) groups is 2. The zero-order valence-electron chi connectivity index (χ0n) is 10.6. The fourth-order valence-corrected chi connectivity index (χ4v) is 2.19. The predicted molar refractivity (Wildman–Crippen MR) is 68.7 cm³/mol. The number of carboxylic acid groups (broad SMARTS) is 1. The van der Waals surface area contributed by atoms with E-state index < -0.39 is 5.97 Å². The number of anilines is 1. The molecule has 1 unspecified atom stereocenters. The molecule has 18 heavy (non-hydrogen) atoms. The summed E-state index contributed by atoms with van der Waals surface area (Å²) < 4.78 is 0. The summed E-state index contributed by atoms with van der Waals surface area (Å²) in [6, 6.07) is 5.94. The molecule has 0 saturated heterocycles. The molecule has 1 N–H and O–H groups in total. The molecule has 0 aromatic heterocycles. The summed E-state index contributed by atoms with van der Waals surface area (Å²) >= 11 is 0. The third-order valence-electron chi connectivity index (χ3n) is 3.51. The van der Waals surface area contributed by atoms with Crippen molar-refractivity contribution in [1.82, 2.24) is 0 Å². The highest BCUT2D eigenvalue weighted by molar-refractivity contribution is 6.00. The highest BCUT2D eigenvalue weighted by Gasteiger charge is 2.23. The SMILES string of the molecule is CC(CCc1ccc2c(c1)CC(=O)N2C)C(=O)O. The monoisotopic (exact) mass is 247 g/mol. The van der Waals surface area contributed by atoms with E-state index >= 15 is 0 Å². The minimum Gasteiger partial charge on any atom is -0.481 e. The van der Waals surface area contributed by atoms with Gasteiger partial charge >= 0.3 is 5.97 Å². The maximum atomic E-state index is 11.5. The van der Waals surface area contributed by atoms with Crippen LogP contribution in [0.3, 0.4) is 0 Å². The number of hydrogen-bond donors (Lipinski definition) is 1. The minimum absolute atomic E-state index is 0.112. The van der Waals surface area contributed by atoms with Crippen molar-refractivity contribution in [2.45, 2.75) is 26.2 Å². The summed E-state index contributed by atoms with van der Waals surface area (Å²) in [6.07, 6.45) is 1.81. The first-order valence-corrected chi connectivity index (χ1v) is 6.10. The van der Waals surface area contributed by atoms with Crippen LogP contribution in [0.15, 0.2) is 18.2 Å². The normalized spacial score (nSPS) is 15.7. The molecular weight excluding hydrogens is 230 g/mol. The van der Waals surface area contributed by atoms with Gasteiger partial charge in [0.2, 0.25) is 5.91 Å². The number of fused-ring (bicyclic) bond motifs is 1. The molecule has 1 aliphatic heterocycles. The lowest BCUT2D eigenvalue weighted by Crippen LogP contribution is -2.20. The second-order valence-corrected chi connectivity index (χ2v) is 4.87. The first-order valence-electron chi connectivity index (χ1n) is 6.10. The number of rotatable bonds is 4. The third-order valence-corrected chi connectivity index (χ3v) is 3.51. The quantitative estimate of drug-likeness (QED) is 0.883. The molecule has 4 nitrogen and oxygen atoms in total. The first kappa shape index (κ1) is 12.6. The lowest BCUT2D eigenvalue weighted by Gasteiger charge is -2.11. The summed E-state index contributed by atoms with van der Waals surface area (Å²) in [6.45, 7) is 1.72. The van der Waals surface area contributed by atoms with Crippen molar-refractivity contribution in [1.29, 1.82) is 0 Å². The molecule has 4 heteroatoms. The predicted octanol–water partition coefficient (Wildman–Crippen LogP) is 1.86. The van der Waals surface area contributed by atoms with Crippen LogP contribution in [-0.2, 0) is 22.4 Å². The van der Waals surface area contributed by atoms with Crippen LogP contribution in [0.2, 0.25) is 0 Å². The van der Waals surface area contributed by atoms with Gasteiger partial charge in [0, 0.05) is 12.7 Å². The second-order valence-electron chi connectivity index (χ2n) is 4.87. The van der Waals surface area contributed by atoms with Crippen LogP contribution in [0.1, 0.15) is 24.5 Å². The molecule has 0 fully saturated rings. The standard InChI is InChI=1S/C14H17NO3/c1-9(14(17)18)3-4-10-5-6-12-11(7-10)8-13(16)15(12)2/h5-7,9H,3-4,8H2,1-2H3,(H,17,18). The minimum atomic E-state index is -0.758. The Morgan fingerprint density at radius 2 is 2.22 bits per heavy atom. The number of benzene rings is 1. The molecular formula is C14H17NO3. The fourth-order valence-electron chi connectivity index (χ4n) is 2.19. The molecule has 0 bridgehead atoms. The van der Waals surface area contributed by atoms with Crippen molar-refractivity contribution in [3.8, 4) is 0 Å². The van der Waals surface area contributed by atoms with Crippen molar-refractivity contribution < 1.29 is 14.7 Å². The van der Waals surface area contributed by atoms with Gasteiger partial charge in [-0.15, -0.1) is 0 Å². The third kappa shape index (κ3) is 2.37. The van der Waals surface area contributed by atoms with E-state index in [-0.39, 0.29) is 11.8 Å². The summed E-state index contributed by atoms with van der Waals surface area (Å²) in [5.41, 5.74) is 3.11. The molecule has 1 aliphatic rings. The smallest absolute Gasteiger partial charge is 0.306 e. The van der Waals surface area contributed by atoms with Crippen molar-refractivity contribution in [3.05, 3.63) is 29.3 Å². The zero-order valence-corrected chi connectivity index (χ0v) is 10.6. The Bertz CT molecular complexity index is 496. The Morgan fingerprint density at radius 1 is 1.50 bits per heavy atom. The number of amides is 1. The fraction of sp³-hybridized carbons (Fsp3) is 0.429. The number of aryl methyl sites for hydroxylation is 1. The van der Waals surface area contributed by atoms with E-state index in [9.17, 15) is 9.59 Å². The van der Waals surface area contributed by atoms with E-state index in [1.165, 1.54) is 0 Å². The van der Waals surface area contributed by atoms with Crippen molar-refractivity contribution >= 4 is 17.6 Å². The van der Waals surface area contributed by atoms with Crippen LogP contribution < -0.4 is 4.90 Å². The van der Waals surface area contributed by atoms with E-state index in [0.29, 0.717) is 12.8 Å². The van der Waals surface area contributed by atoms with E-state index in [1.54, 1.807) is 18.9 Å². The van der Waals surface area contributed by atoms with Gasteiger partial charge in [-0.2, -0.15) is 0 Å². The van der Waals surface area contributed by atoms with Gasteiger partial charge in [0.25, 0.3) is 0 Å². The zero-order chi connectivity index (χ0) is 13.3. The second kappa shape index (κ2) is 4.80. The Labute approximate surface area is 106 Å². The molecule has 1 heterocycles. The van der Waals surface area contributed by atoms with E-state index in [1.807, 2.05) is 18.2 Å². The highest BCUT2D eigenvalue weighted by Crippen LogP contribution is 2.28. The summed E-state index contributed by atoms with van der Waals surface area (Å²) in [5.74, 6) is -0.977. The lowest BCUT2D eigenvalue weighted by atomic mass is 9.99. The molecule has 96 valence electrons. The van der Waals surface area contributed by atoms with Gasteiger partial charge in [-0.1, -0.05) is 19.1 Å². The van der Waals surface area contributed by atoms with Gasteiger partial charge in [-0.25, -0.2) is 0 Å². The van der Waals surface area contributed by atoms with Gasteiger partial charge in [0.1, 0.15) is 0 Å². The summed E-state index contributed by atoms with van der Waals surface area (Å²) in [4.78, 5) is 24.0. The van der Waals surface area contributed by atoms with Crippen molar-refractivity contribution in [2.24, 2.45) is 5.92 Å². The molecule has 1 aromatic rings. The molecule has 1 amide bonds. The molecule has 0 aliphatic carbocycles. The van der Waals surface area contributed by atoms with Gasteiger partial charge in [-0.3, -0.25) is 9.59 Å². The molecule has 0 saturated carbocycles.